The van der Waals surface area contributed by atoms with E-state index in [1.165, 1.54) is 24.3 Å². The molecule has 0 bridgehead atoms. The lowest BCUT2D eigenvalue weighted by molar-refractivity contribution is 0.149. The minimum Gasteiger partial charge on any atom is -0.394 e. The maximum Gasteiger partial charge on any atom is 0.0614 e. The van der Waals surface area contributed by atoms with E-state index < -0.39 is 0 Å². The smallest absolute Gasteiger partial charge is 0.0614 e. The Morgan fingerprint density at radius 2 is 2.00 bits per heavy atom. The highest BCUT2D eigenvalue weighted by atomic mass is 32.2. The van der Waals surface area contributed by atoms with Crippen molar-refractivity contribution in [3.05, 3.63) is 0 Å². The Morgan fingerprint density at radius 1 is 1.33 bits per heavy atom. The molecule has 12 heavy (non-hydrogen) atoms. The van der Waals surface area contributed by atoms with Crippen LogP contribution in [0.3, 0.4) is 0 Å². The van der Waals surface area contributed by atoms with E-state index in [9.17, 15) is 5.11 Å². The third-order valence-electron chi connectivity index (χ3n) is 2.84. The second kappa shape index (κ2) is 3.56. The zero-order valence-corrected chi connectivity index (χ0v) is 8.20. The average Bonchev–Trinajstić information content (AvgIpc) is 2.90. The van der Waals surface area contributed by atoms with Crippen LogP contribution in [0.15, 0.2) is 0 Å². The molecule has 2 nitrogen and oxygen atoms in total. The lowest BCUT2D eigenvalue weighted by atomic mass is 9.93. The SMILES string of the molecule is OCC1(NC2CC2)CCSCC1. The molecule has 0 spiro atoms. The monoisotopic (exact) mass is 187 g/mol. The highest BCUT2D eigenvalue weighted by Gasteiger charge is 2.36. The van der Waals surface area contributed by atoms with Gasteiger partial charge in [-0.3, -0.25) is 0 Å². The molecule has 0 aromatic rings. The minimum atomic E-state index is 0.0897. The van der Waals surface area contributed by atoms with Crippen molar-refractivity contribution in [3.63, 3.8) is 0 Å². The van der Waals surface area contributed by atoms with Crippen LogP contribution >= 0.6 is 11.8 Å². The van der Waals surface area contributed by atoms with Crippen molar-refractivity contribution in [1.29, 1.82) is 0 Å². The molecular weight excluding hydrogens is 170 g/mol. The van der Waals surface area contributed by atoms with Crippen molar-refractivity contribution < 1.29 is 5.11 Å². The summed E-state index contributed by atoms with van der Waals surface area (Å²) in [6.07, 6.45) is 4.92. The van der Waals surface area contributed by atoms with Gasteiger partial charge in [-0.05, 0) is 37.2 Å². The van der Waals surface area contributed by atoms with Gasteiger partial charge in [0, 0.05) is 11.6 Å². The van der Waals surface area contributed by atoms with Gasteiger partial charge in [-0.15, -0.1) is 0 Å². The van der Waals surface area contributed by atoms with Crippen LogP contribution in [-0.4, -0.2) is 34.8 Å². The molecule has 3 heteroatoms. The van der Waals surface area contributed by atoms with Crippen molar-refractivity contribution >= 4 is 11.8 Å². The van der Waals surface area contributed by atoms with Crippen molar-refractivity contribution in [3.8, 4) is 0 Å². The molecule has 2 N–H and O–H groups in total. The first kappa shape index (κ1) is 8.85. The number of aliphatic hydroxyl groups is 1. The van der Waals surface area contributed by atoms with Gasteiger partial charge < -0.3 is 10.4 Å². The van der Waals surface area contributed by atoms with Crippen molar-refractivity contribution in [2.75, 3.05) is 18.1 Å². The standard InChI is InChI=1S/C9H17NOS/c11-7-9(10-8-1-2-8)3-5-12-6-4-9/h8,10-11H,1-7H2. The first-order valence-corrected chi connectivity index (χ1v) is 5.96. The summed E-state index contributed by atoms with van der Waals surface area (Å²) in [5.41, 5.74) is 0.0897. The summed E-state index contributed by atoms with van der Waals surface area (Å²) in [5, 5.41) is 12.9. The van der Waals surface area contributed by atoms with Gasteiger partial charge in [0.15, 0.2) is 0 Å². The second-order valence-electron chi connectivity index (χ2n) is 3.97. The van der Waals surface area contributed by atoms with Crippen LogP contribution in [0.2, 0.25) is 0 Å². The molecule has 0 unspecified atom stereocenters. The Labute approximate surface area is 78.1 Å². The Balaban J connectivity index is 1.90. The van der Waals surface area contributed by atoms with Gasteiger partial charge in [-0.1, -0.05) is 0 Å². The van der Waals surface area contributed by atoms with Crippen LogP contribution in [0.5, 0.6) is 0 Å². The summed E-state index contributed by atoms with van der Waals surface area (Å²) in [7, 11) is 0. The summed E-state index contributed by atoms with van der Waals surface area (Å²) >= 11 is 2.01. The number of aliphatic hydroxyl groups excluding tert-OH is 1. The summed E-state index contributed by atoms with van der Waals surface area (Å²) in [6.45, 7) is 0.323. The minimum absolute atomic E-state index is 0.0897. The Kier molecular flexibility index (Phi) is 2.63. The van der Waals surface area contributed by atoms with Crippen LogP contribution in [0.1, 0.15) is 25.7 Å². The van der Waals surface area contributed by atoms with Crippen LogP contribution in [0.4, 0.5) is 0 Å². The molecular formula is C9H17NOS. The van der Waals surface area contributed by atoms with E-state index in [1.807, 2.05) is 11.8 Å². The van der Waals surface area contributed by atoms with Gasteiger partial charge >= 0.3 is 0 Å². The maximum absolute atomic E-state index is 9.35. The van der Waals surface area contributed by atoms with E-state index in [4.69, 9.17) is 0 Å². The fourth-order valence-corrected chi connectivity index (χ4v) is 3.05. The third kappa shape index (κ3) is 1.95. The molecule has 1 aliphatic heterocycles. The van der Waals surface area contributed by atoms with Crippen LogP contribution in [0.25, 0.3) is 0 Å². The quantitative estimate of drug-likeness (QED) is 0.691. The zero-order chi connectivity index (χ0) is 8.44. The predicted molar refractivity (Wildman–Crippen MR) is 52.5 cm³/mol. The highest BCUT2D eigenvalue weighted by molar-refractivity contribution is 7.99. The number of thioether (sulfide) groups is 1. The van der Waals surface area contributed by atoms with E-state index >= 15 is 0 Å². The lowest BCUT2D eigenvalue weighted by Crippen LogP contribution is -2.51. The molecule has 1 heterocycles. The molecule has 70 valence electrons. The fourth-order valence-electron chi connectivity index (χ4n) is 1.77. The van der Waals surface area contributed by atoms with Gasteiger partial charge in [-0.2, -0.15) is 11.8 Å². The molecule has 0 aromatic carbocycles. The van der Waals surface area contributed by atoms with Crippen molar-refractivity contribution in [2.24, 2.45) is 0 Å². The van der Waals surface area contributed by atoms with E-state index in [1.54, 1.807) is 0 Å². The van der Waals surface area contributed by atoms with Crippen molar-refractivity contribution in [1.82, 2.24) is 5.32 Å². The van der Waals surface area contributed by atoms with E-state index in [0.29, 0.717) is 6.61 Å². The van der Waals surface area contributed by atoms with Gasteiger partial charge in [0.25, 0.3) is 0 Å². The Morgan fingerprint density at radius 3 is 2.50 bits per heavy atom. The van der Waals surface area contributed by atoms with Gasteiger partial charge in [0.05, 0.1) is 6.61 Å². The molecule has 0 radical (unpaired) electrons. The van der Waals surface area contributed by atoms with E-state index in [0.717, 1.165) is 18.9 Å². The highest BCUT2D eigenvalue weighted by Crippen LogP contribution is 2.31. The Bertz CT molecular complexity index is 153. The molecule has 2 aliphatic rings. The van der Waals surface area contributed by atoms with Crippen LogP contribution in [-0.2, 0) is 0 Å². The number of hydrogen-bond donors (Lipinski definition) is 2. The summed E-state index contributed by atoms with van der Waals surface area (Å²) in [5.74, 6) is 2.42. The predicted octanol–water partition coefficient (Wildman–Crippen LogP) is 0.996. The van der Waals surface area contributed by atoms with Gasteiger partial charge in [-0.25, -0.2) is 0 Å². The maximum atomic E-state index is 9.35. The topological polar surface area (TPSA) is 32.3 Å². The number of nitrogens with one attached hydrogen (secondary N) is 1. The first-order valence-electron chi connectivity index (χ1n) is 4.81. The van der Waals surface area contributed by atoms with Gasteiger partial charge in [0.2, 0.25) is 0 Å². The van der Waals surface area contributed by atoms with Gasteiger partial charge in [0.1, 0.15) is 0 Å². The number of hydrogen-bond acceptors (Lipinski definition) is 3. The Hall–Kier alpha value is 0.270. The molecule has 2 fully saturated rings. The summed E-state index contributed by atoms with van der Waals surface area (Å²) in [4.78, 5) is 0. The van der Waals surface area contributed by atoms with E-state index in [2.05, 4.69) is 5.32 Å². The third-order valence-corrected chi connectivity index (χ3v) is 3.83. The normalized spacial score (nSPS) is 28.8. The molecule has 1 saturated heterocycles. The van der Waals surface area contributed by atoms with Crippen LogP contribution in [0, 0.1) is 0 Å². The largest absolute Gasteiger partial charge is 0.394 e. The molecule has 1 aliphatic carbocycles. The zero-order valence-electron chi connectivity index (χ0n) is 7.38. The average molecular weight is 187 g/mol. The molecule has 2 rings (SSSR count). The summed E-state index contributed by atoms with van der Waals surface area (Å²) < 4.78 is 0. The molecule has 0 aromatic heterocycles. The van der Waals surface area contributed by atoms with Crippen molar-refractivity contribution in [2.45, 2.75) is 37.3 Å². The summed E-state index contributed by atoms with van der Waals surface area (Å²) in [6, 6.07) is 0.722. The molecule has 0 amide bonds. The fraction of sp³-hybridized carbons (Fsp3) is 1.00. The first-order chi connectivity index (χ1) is 5.85. The lowest BCUT2D eigenvalue weighted by Gasteiger charge is -2.36. The van der Waals surface area contributed by atoms with Crippen LogP contribution < -0.4 is 5.32 Å². The second-order valence-corrected chi connectivity index (χ2v) is 5.19. The number of rotatable bonds is 3. The van der Waals surface area contributed by atoms with E-state index in [-0.39, 0.29) is 5.54 Å². The molecule has 0 atom stereocenters. The molecule has 1 saturated carbocycles.